The summed E-state index contributed by atoms with van der Waals surface area (Å²) in [6, 6.07) is 3.68. The van der Waals surface area contributed by atoms with E-state index in [1.54, 1.807) is 0 Å². The number of ketones is 1. The summed E-state index contributed by atoms with van der Waals surface area (Å²) in [7, 11) is -8.17. The second-order valence-corrected chi connectivity index (χ2v) is 7.98. The summed E-state index contributed by atoms with van der Waals surface area (Å²) in [5.74, 6) is -4.33. The molecular formula is C15H15NaO11S2. The summed E-state index contributed by atoms with van der Waals surface area (Å²) in [6.07, 6.45) is 0. The molecule has 4 N–H and O–H groups in total. The van der Waals surface area contributed by atoms with Crippen molar-refractivity contribution >= 4 is 26.0 Å². The maximum absolute atomic E-state index is 12.8. The van der Waals surface area contributed by atoms with E-state index < -0.39 is 69.9 Å². The molecule has 154 valence electrons. The average Bonchev–Trinajstić information content (AvgIpc) is 2.58. The molecule has 2 aromatic carbocycles. The van der Waals surface area contributed by atoms with Crippen molar-refractivity contribution < 1.29 is 81.4 Å². The summed E-state index contributed by atoms with van der Waals surface area (Å²) in [4.78, 5) is 10.3. The molecule has 0 unspecified atom stereocenters. The number of carbonyl (C=O) groups excluding carboxylic acids is 1. The van der Waals surface area contributed by atoms with Crippen molar-refractivity contribution in [2.75, 3.05) is 14.2 Å². The van der Waals surface area contributed by atoms with E-state index >= 15 is 0 Å². The van der Waals surface area contributed by atoms with Gasteiger partial charge in [0.05, 0.1) is 14.2 Å². The SMILES string of the molecule is COc1ccc(C(=O)c2ccc(OC)c(O)c2S(=O)(=O)O)c(S(=O)(=O)O)c1O.[H-].[Na+]. The Hall–Kier alpha value is -1.87. The summed E-state index contributed by atoms with van der Waals surface area (Å²) in [5, 5.41) is 20.0. The Morgan fingerprint density at radius 2 is 1.10 bits per heavy atom. The van der Waals surface area contributed by atoms with Crippen LogP contribution in [0.5, 0.6) is 23.0 Å². The van der Waals surface area contributed by atoms with Crippen molar-refractivity contribution in [2.45, 2.75) is 9.79 Å². The van der Waals surface area contributed by atoms with Crippen LogP contribution in [0.3, 0.4) is 0 Å². The number of phenols is 2. The van der Waals surface area contributed by atoms with E-state index in [1.807, 2.05) is 0 Å². The van der Waals surface area contributed by atoms with Crippen LogP contribution in [0.4, 0.5) is 0 Å². The fourth-order valence-electron chi connectivity index (χ4n) is 2.46. The van der Waals surface area contributed by atoms with Gasteiger partial charge < -0.3 is 21.1 Å². The van der Waals surface area contributed by atoms with E-state index in [-0.39, 0.29) is 31.0 Å². The van der Waals surface area contributed by atoms with Gasteiger partial charge in [0.1, 0.15) is 0 Å². The van der Waals surface area contributed by atoms with E-state index in [9.17, 15) is 40.9 Å². The van der Waals surface area contributed by atoms with Crippen molar-refractivity contribution in [3.05, 3.63) is 35.4 Å². The first-order valence-corrected chi connectivity index (χ1v) is 10.0. The summed E-state index contributed by atoms with van der Waals surface area (Å²) >= 11 is 0. The van der Waals surface area contributed by atoms with E-state index in [0.29, 0.717) is 0 Å². The Bertz CT molecular complexity index is 1090. The van der Waals surface area contributed by atoms with Gasteiger partial charge in [-0.05, 0) is 24.3 Å². The minimum atomic E-state index is -5.17. The Labute approximate surface area is 189 Å². The standard InChI is InChI=1S/C15H14O11S2.Na.H/c1-25-9-5-3-7(14(12(9)17)27(19,20)21)11(16)8-4-6-10(26-2)13(18)15(8)28(22,23)24;;/h3-6,17-18H,1-2H3,(H,19,20,21)(H,22,23,24);;/q;+1;-1. The molecule has 2 rings (SSSR count). The minimum Gasteiger partial charge on any atom is -1.00 e. The second-order valence-electron chi connectivity index (χ2n) is 5.27. The molecule has 11 nitrogen and oxygen atoms in total. The fraction of sp³-hybridized carbons (Fsp3) is 0.133. The molecule has 0 aliphatic rings. The summed E-state index contributed by atoms with van der Waals surface area (Å²) in [5.41, 5.74) is -1.68. The first-order valence-electron chi connectivity index (χ1n) is 7.14. The normalized spacial score (nSPS) is 11.4. The van der Waals surface area contributed by atoms with Gasteiger partial charge in [-0.2, -0.15) is 16.8 Å². The zero-order chi connectivity index (χ0) is 21.4. The van der Waals surface area contributed by atoms with Gasteiger partial charge in [0.15, 0.2) is 38.6 Å². The zero-order valence-corrected chi connectivity index (χ0v) is 18.9. The van der Waals surface area contributed by atoms with E-state index in [0.717, 1.165) is 38.5 Å². The van der Waals surface area contributed by atoms with Gasteiger partial charge in [0, 0.05) is 11.1 Å². The van der Waals surface area contributed by atoms with E-state index in [2.05, 4.69) is 0 Å². The van der Waals surface area contributed by atoms with Crippen LogP contribution in [0, 0.1) is 0 Å². The quantitative estimate of drug-likeness (QED) is 0.212. The predicted molar refractivity (Wildman–Crippen MR) is 93.5 cm³/mol. The van der Waals surface area contributed by atoms with Crippen molar-refractivity contribution in [3.8, 4) is 23.0 Å². The minimum absolute atomic E-state index is 0. The predicted octanol–water partition coefficient (Wildman–Crippen LogP) is -2.04. The van der Waals surface area contributed by atoms with Gasteiger partial charge in [-0.3, -0.25) is 13.9 Å². The number of methoxy groups -OCH3 is 2. The fourth-order valence-corrected chi connectivity index (χ4v) is 4.03. The van der Waals surface area contributed by atoms with Crippen molar-refractivity contribution in [1.29, 1.82) is 0 Å². The molecule has 0 aliphatic heterocycles. The van der Waals surface area contributed by atoms with Gasteiger partial charge in [0.25, 0.3) is 20.2 Å². The maximum Gasteiger partial charge on any atom is 1.00 e. The number of benzene rings is 2. The number of hydrogen-bond donors (Lipinski definition) is 4. The molecule has 0 amide bonds. The molecule has 0 saturated heterocycles. The van der Waals surface area contributed by atoms with E-state index in [4.69, 9.17) is 9.47 Å². The van der Waals surface area contributed by atoms with E-state index in [1.165, 1.54) is 0 Å². The third-order valence-corrected chi connectivity index (χ3v) is 5.49. The number of ether oxygens (including phenoxy) is 2. The number of aromatic hydroxyl groups is 2. The first kappa shape index (κ1) is 25.2. The van der Waals surface area contributed by atoms with Crippen LogP contribution in [0.15, 0.2) is 34.1 Å². The Morgan fingerprint density at radius 1 is 0.793 bits per heavy atom. The Morgan fingerprint density at radius 3 is 1.34 bits per heavy atom. The maximum atomic E-state index is 12.8. The van der Waals surface area contributed by atoms with Crippen LogP contribution >= 0.6 is 0 Å². The molecule has 0 aromatic heterocycles. The zero-order valence-electron chi connectivity index (χ0n) is 16.3. The monoisotopic (exact) mass is 458 g/mol. The van der Waals surface area contributed by atoms with Crippen LogP contribution < -0.4 is 39.0 Å². The Balaban J connectivity index is 0.00000420. The third-order valence-electron chi connectivity index (χ3n) is 3.63. The molecule has 14 heteroatoms. The summed E-state index contributed by atoms with van der Waals surface area (Å²) in [6.45, 7) is 0. The van der Waals surface area contributed by atoms with Crippen LogP contribution in [0.2, 0.25) is 0 Å². The average molecular weight is 458 g/mol. The van der Waals surface area contributed by atoms with Crippen LogP contribution in [0.1, 0.15) is 17.3 Å². The number of hydrogen-bond acceptors (Lipinski definition) is 9. The molecule has 29 heavy (non-hydrogen) atoms. The van der Waals surface area contributed by atoms with Gasteiger partial charge in [0.2, 0.25) is 0 Å². The molecule has 2 aromatic rings. The first-order chi connectivity index (χ1) is 12.8. The smallest absolute Gasteiger partial charge is 1.00 e. The van der Waals surface area contributed by atoms with Crippen LogP contribution in [-0.4, -0.2) is 56.2 Å². The van der Waals surface area contributed by atoms with Crippen molar-refractivity contribution in [2.24, 2.45) is 0 Å². The Kier molecular flexibility index (Phi) is 7.70. The van der Waals surface area contributed by atoms with Gasteiger partial charge in [-0.1, -0.05) is 0 Å². The van der Waals surface area contributed by atoms with Crippen LogP contribution in [0.25, 0.3) is 0 Å². The van der Waals surface area contributed by atoms with Crippen LogP contribution in [-0.2, 0) is 20.2 Å². The molecule has 0 fully saturated rings. The van der Waals surface area contributed by atoms with Crippen molar-refractivity contribution in [3.63, 3.8) is 0 Å². The third kappa shape index (κ3) is 4.83. The topological polar surface area (TPSA) is 185 Å². The molecule has 0 aliphatic carbocycles. The second kappa shape index (κ2) is 8.87. The molecule has 0 saturated carbocycles. The molecule has 0 radical (unpaired) electrons. The number of carbonyl (C=O) groups is 1. The van der Waals surface area contributed by atoms with Crippen molar-refractivity contribution in [1.82, 2.24) is 0 Å². The largest absolute Gasteiger partial charge is 1.00 e. The summed E-state index contributed by atoms with van der Waals surface area (Å²) < 4.78 is 75.0. The van der Waals surface area contributed by atoms with Gasteiger partial charge in [-0.25, -0.2) is 0 Å². The number of rotatable bonds is 6. The molecule has 0 spiro atoms. The molecule has 0 atom stereocenters. The van der Waals surface area contributed by atoms with Gasteiger partial charge in [-0.15, -0.1) is 0 Å². The van der Waals surface area contributed by atoms with Gasteiger partial charge >= 0.3 is 29.6 Å². The molecule has 0 heterocycles. The number of phenolic OH excluding ortho intramolecular Hbond substituents is 2. The molecular weight excluding hydrogens is 443 g/mol. The molecule has 0 bridgehead atoms.